The predicted octanol–water partition coefficient (Wildman–Crippen LogP) is 4.72. The monoisotopic (exact) mass is 371 g/mol. The van der Waals surface area contributed by atoms with Crippen LogP contribution in [0.25, 0.3) is 0 Å². The third-order valence-corrected chi connectivity index (χ3v) is 5.90. The molecule has 3 unspecified atom stereocenters. The molecule has 5 heteroatoms. The topological polar surface area (TPSA) is 46.6 Å². The minimum absolute atomic E-state index is 0.00606. The van der Waals surface area contributed by atoms with E-state index in [9.17, 15) is 9.59 Å². The molecule has 1 rings (SSSR count). The Morgan fingerprint density at radius 1 is 1.12 bits per heavy atom. The third-order valence-electron chi connectivity index (χ3n) is 4.14. The van der Waals surface area contributed by atoms with Gasteiger partial charge < -0.3 is 9.64 Å². The fourth-order valence-electron chi connectivity index (χ4n) is 3.49. The van der Waals surface area contributed by atoms with Crippen molar-refractivity contribution < 1.29 is 14.3 Å². The van der Waals surface area contributed by atoms with Crippen LogP contribution in [0.5, 0.6) is 0 Å². The van der Waals surface area contributed by atoms with Crippen molar-refractivity contribution in [3.05, 3.63) is 0 Å². The lowest BCUT2D eigenvalue weighted by molar-refractivity contribution is -0.158. The molecule has 25 heavy (non-hydrogen) atoms. The smallest absolute Gasteiger partial charge is 0.330 e. The van der Waals surface area contributed by atoms with Crippen molar-refractivity contribution in [2.24, 2.45) is 16.7 Å². The lowest BCUT2D eigenvalue weighted by Gasteiger charge is -2.37. The minimum Gasteiger partial charge on any atom is -0.461 e. The zero-order valence-corrected chi connectivity index (χ0v) is 18.3. The van der Waals surface area contributed by atoms with Crippen molar-refractivity contribution >= 4 is 23.6 Å². The van der Waals surface area contributed by atoms with Gasteiger partial charge in [0, 0.05) is 12.2 Å². The highest BCUT2D eigenvalue weighted by Gasteiger charge is 2.47. The maximum absolute atomic E-state index is 13.1. The first-order valence-electron chi connectivity index (χ1n) is 9.35. The molecule has 4 nitrogen and oxygen atoms in total. The number of nitrogens with zero attached hydrogens (tertiary/aromatic N) is 1. The second-order valence-corrected chi connectivity index (χ2v) is 11.0. The molecular formula is C20H37NO3S. The first-order chi connectivity index (χ1) is 11.2. The Balaban J connectivity index is 2.95. The SMILES string of the molecule is CC(CC(=O)N1C(C(=O)OC(C)C)CSC1C(C)(C)C)CC(C)(C)C. The molecular weight excluding hydrogens is 334 g/mol. The van der Waals surface area contributed by atoms with Crippen molar-refractivity contribution in [2.75, 3.05) is 5.75 Å². The third kappa shape index (κ3) is 6.84. The van der Waals surface area contributed by atoms with Gasteiger partial charge in [-0.1, -0.05) is 48.5 Å². The highest BCUT2D eigenvalue weighted by molar-refractivity contribution is 8.00. The highest BCUT2D eigenvalue weighted by atomic mass is 32.2. The lowest BCUT2D eigenvalue weighted by Crippen LogP contribution is -2.50. The van der Waals surface area contributed by atoms with E-state index >= 15 is 0 Å². The number of ether oxygens (including phenoxy) is 1. The van der Waals surface area contributed by atoms with E-state index in [4.69, 9.17) is 4.74 Å². The number of thioether (sulfide) groups is 1. The van der Waals surface area contributed by atoms with Crippen molar-refractivity contribution in [3.8, 4) is 0 Å². The molecule has 146 valence electrons. The zero-order valence-electron chi connectivity index (χ0n) is 17.5. The fourth-order valence-corrected chi connectivity index (χ4v) is 5.08. The summed E-state index contributed by atoms with van der Waals surface area (Å²) in [5.41, 5.74) is 0.110. The Hall–Kier alpha value is -0.710. The Morgan fingerprint density at radius 3 is 2.12 bits per heavy atom. The van der Waals surface area contributed by atoms with Crippen LogP contribution >= 0.6 is 11.8 Å². The van der Waals surface area contributed by atoms with Crippen LogP contribution in [0.15, 0.2) is 0 Å². The van der Waals surface area contributed by atoms with E-state index in [1.54, 1.807) is 11.8 Å². The maximum atomic E-state index is 13.1. The summed E-state index contributed by atoms with van der Waals surface area (Å²) in [5, 5.41) is 0.00606. The van der Waals surface area contributed by atoms with E-state index in [0.717, 1.165) is 6.42 Å². The van der Waals surface area contributed by atoms with Gasteiger partial charge in [-0.25, -0.2) is 4.79 Å². The van der Waals surface area contributed by atoms with Crippen molar-refractivity contribution in [1.29, 1.82) is 0 Å². The van der Waals surface area contributed by atoms with Crippen LogP contribution in [0.2, 0.25) is 0 Å². The first-order valence-corrected chi connectivity index (χ1v) is 10.4. The molecule has 1 saturated heterocycles. The summed E-state index contributed by atoms with van der Waals surface area (Å²) in [7, 11) is 0. The quantitative estimate of drug-likeness (QED) is 0.656. The van der Waals surface area contributed by atoms with Crippen LogP contribution in [0.3, 0.4) is 0 Å². The number of carbonyl (C=O) groups excluding carboxylic acids is 2. The summed E-state index contributed by atoms with van der Waals surface area (Å²) >= 11 is 1.69. The van der Waals surface area contributed by atoms with E-state index in [2.05, 4.69) is 48.5 Å². The normalized spacial score (nSPS) is 23.0. The van der Waals surface area contributed by atoms with Gasteiger partial charge in [0.1, 0.15) is 6.04 Å². The summed E-state index contributed by atoms with van der Waals surface area (Å²) in [5.74, 6) is 0.714. The van der Waals surface area contributed by atoms with Crippen LogP contribution in [-0.4, -0.2) is 40.0 Å². The molecule has 0 aromatic heterocycles. The van der Waals surface area contributed by atoms with E-state index < -0.39 is 6.04 Å². The zero-order chi connectivity index (χ0) is 19.6. The van der Waals surface area contributed by atoms with Crippen LogP contribution in [0.4, 0.5) is 0 Å². The summed E-state index contributed by atoms with van der Waals surface area (Å²) < 4.78 is 5.41. The van der Waals surface area contributed by atoms with E-state index in [1.807, 2.05) is 18.7 Å². The van der Waals surface area contributed by atoms with Crippen molar-refractivity contribution in [1.82, 2.24) is 4.90 Å². The molecule has 1 aliphatic rings. The van der Waals surface area contributed by atoms with Crippen LogP contribution in [0.1, 0.15) is 75.2 Å². The van der Waals surface area contributed by atoms with Crippen LogP contribution in [-0.2, 0) is 14.3 Å². The molecule has 1 aliphatic heterocycles. The molecule has 1 fully saturated rings. The first kappa shape index (κ1) is 22.3. The maximum Gasteiger partial charge on any atom is 0.330 e. The Morgan fingerprint density at radius 2 is 1.68 bits per heavy atom. The van der Waals surface area contributed by atoms with E-state index in [1.165, 1.54) is 0 Å². The van der Waals surface area contributed by atoms with Gasteiger partial charge in [0.15, 0.2) is 0 Å². The van der Waals surface area contributed by atoms with Gasteiger partial charge in [-0.3, -0.25) is 4.79 Å². The summed E-state index contributed by atoms with van der Waals surface area (Å²) in [6, 6.07) is -0.467. The minimum atomic E-state index is -0.467. The van der Waals surface area contributed by atoms with Gasteiger partial charge in [-0.05, 0) is 37.0 Å². The fraction of sp³-hybridized carbons (Fsp3) is 0.900. The molecule has 1 amide bonds. The van der Waals surface area contributed by atoms with Gasteiger partial charge in [-0.2, -0.15) is 0 Å². The molecule has 0 bridgehead atoms. The number of rotatable bonds is 5. The standard InChI is InChI=1S/C20H37NO3S/c1-13(2)24-17(23)15-12-25-18(20(7,8)9)21(15)16(22)10-14(3)11-19(4,5)6/h13-15,18H,10-12H2,1-9H3. The van der Waals surface area contributed by atoms with E-state index in [0.29, 0.717) is 18.1 Å². The molecule has 0 N–H and O–H groups in total. The van der Waals surface area contributed by atoms with Gasteiger partial charge in [-0.15, -0.1) is 11.8 Å². The molecule has 0 aromatic carbocycles. The van der Waals surface area contributed by atoms with Crippen molar-refractivity contribution in [3.63, 3.8) is 0 Å². The summed E-state index contributed by atoms with van der Waals surface area (Å²) in [4.78, 5) is 27.4. The van der Waals surface area contributed by atoms with E-state index in [-0.39, 0.29) is 34.2 Å². The molecule has 3 atom stereocenters. The second kappa shape index (κ2) is 8.32. The lowest BCUT2D eigenvalue weighted by atomic mass is 9.84. The Bertz CT molecular complexity index is 476. The average Bonchev–Trinajstić information content (AvgIpc) is 2.79. The van der Waals surface area contributed by atoms with Crippen LogP contribution in [0, 0.1) is 16.7 Å². The Labute approximate surface area is 158 Å². The predicted molar refractivity (Wildman–Crippen MR) is 105 cm³/mol. The molecule has 0 spiro atoms. The molecule has 0 saturated carbocycles. The highest BCUT2D eigenvalue weighted by Crippen LogP contribution is 2.41. The van der Waals surface area contributed by atoms with Crippen molar-refractivity contribution in [2.45, 2.75) is 92.7 Å². The van der Waals surface area contributed by atoms with Crippen LogP contribution < -0.4 is 0 Å². The van der Waals surface area contributed by atoms with Gasteiger partial charge in [0.2, 0.25) is 5.91 Å². The molecule has 0 aliphatic carbocycles. The summed E-state index contributed by atoms with van der Waals surface area (Å²) in [6.07, 6.45) is 1.31. The number of carbonyl (C=O) groups is 2. The average molecular weight is 372 g/mol. The summed E-state index contributed by atoms with van der Waals surface area (Å²) in [6.45, 7) is 18.8. The Kier molecular flexibility index (Phi) is 7.43. The number of hydrogen-bond donors (Lipinski definition) is 0. The molecule has 1 heterocycles. The second-order valence-electron chi connectivity index (χ2n) is 9.93. The number of amides is 1. The van der Waals surface area contributed by atoms with Gasteiger partial charge >= 0.3 is 5.97 Å². The van der Waals surface area contributed by atoms with Gasteiger partial charge in [0.25, 0.3) is 0 Å². The van der Waals surface area contributed by atoms with Gasteiger partial charge in [0.05, 0.1) is 11.5 Å². The largest absolute Gasteiger partial charge is 0.461 e. The molecule has 0 radical (unpaired) electrons. The molecule has 0 aromatic rings. The number of esters is 1. The number of hydrogen-bond acceptors (Lipinski definition) is 4.